The number of benzene rings is 1. The molecule has 1 saturated carbocycles. The molecule has 0 unspecified atom stereocenters. The Morgan fingerprint density at radius 1 is 1.00 bits per heavy atom. The summed E-state index contributed by atoms with van der Waals surface area (Å²) >= 11 is 12.5. The highest BCUT2D eigenvalue weighted by Gasteiger charge is 2.34. The molecule has 0 radical (unpaired) electrons. The van der Waals surface area contributed by atoms with Gasteiger partial charge in [-0.25, -0.2) is 21.6 Å². The van der Waals surface area contributed by atoms with Crippen LogP contribution in [0.4, 0.5) is 10.5 Å². The second kappa shape index (κ2) is 11.2. The summed E-state index contributed by atoms with van der Waals surface area (Å²) in [5.41, 5.74) is 0.972. The molecule has 1 heterocycles. The van der Waals surface area contributed by atoms with Crippen molar-refractivity contribution in [2.75, 3.05) is 50.1 Å². The zero-order valence-corrected chi connectivity index (χ0v) is 22.6. The zero-order chi connectivity index (χ0) is 25.1. The van der Waals surface area contributed by atoms with Gasteiger partial charge in [-0.15, -0.1) is 3.71 Å². The van der Waals surface area contributed by atoms with Crippen molar-refractivity contribution >= 4 is 55.0 Å². The number of carbonyl (C=O) groups is 1. The highest BCUT2D eigenvalue weighted by Crippen LogP contribution is 2.33. The normalized spacial score (nSPS) is 22.4. The molecule has 0 atom stereocenters. The van der Waals surface area contributed by atoms with E-state index in [-0.39, 0.29) is 9.75 Å². The van der Waals surface area contributed by atoms with Crippen LogP contribution in [0.1, 0.15) is 32.1 Å². The average Bonchev–Trinajstić information content (AvgIpc) is 2.73. The van der Waals surface area contributed by atoms with Crippen LogP contribution in [0.15, 0.2) is 18.2 Å². The lowest BCUT2D eigenvalue weighted by molar-refractivity contribution is 0.203. The number of carbonyl (C=O) groups excluding carboxylic acids is 1. The van der Waals surface area contributed by atoms with Crippen LogP contribution in [0.25, 0.3) is 0 Å². The minimum absolute atomic E-state index is 0.0672. The summed E-state index contributed by atoms with van der Waals surface area (Å²) in [4.78, 5) is 17.0. The third kappa shape index (κ3) is 7.13. The van der Waals surface area contributed by atoms with Crippen molar-refractivity contribution < 1.29 is 21.6 Å². The summed E-state index contributed by atoms with van der Waals surface area (Å²) in [5.74, 6) is 0.523. The number of nitrogens with one attached hydrogen (secondary N) is 1. The van der Waals surface area contributed by atoms with E-state index in [1.165, 1.54) is 0 Å². The number of urea groups is 1. The predicted molar refractivity (Wildman–Crippen MR) is 136 cm³/mol. The molecular formula is C21H32Cl2N4O5S2. The Kier molecular flexibility index (Phi) is 9.00. The molecule has 1 aromatic carbocycles. The lowest BCUT2D eigenvalue weighted by atomic mass is 9.84. The lowest BCUT2D eigenvalue weighted by Gasteiger charge is -2.37. The van der Waals surface area contributed by atoms with Crippen molar-refractivity contribution in [3.8, 4) is 0 Å². The molecule has 1 N–H and O–H groups in total. The number of anilines is 1. The number of nitrogens with zero attached hydrogens (tertiary/aromatic N) is 3. The van der Waals surface area contributed by atoms with Crippen molar-refractivity contribution in [3.63, 3.8) is 0 Å². The maximum Gasteiger partial charge on any atom is 0.345 e. The number of halogens is 2. The Morgan fingerprint density at radius 2 is 1.59 bits per heavy atom. The van der Waals surface area contributed by atoms with Crippen LogP contribution in [-0.4, -0.2) is 82.8 Å². The minimum atomic E-state index is -4.22. The molecular weight excluding hydrogens is 523 g/mol. The Bertz CT molecular complexity index is 1050. The van der Waals surface area contributed by atoms with Gasteiger partial charge in [-0.05, 0) is 56.7 Å². The number of rotatable bonds is 7. The molecule has 1 aliphatic carbocycles. The topological polar surface area (TPSA) is 107 Å². The summed E-state index contributed by atoms with van der Waals surface area (Å²) in [6.07, 6.45) is 5.65. The van der Waals surface area contributed by atoms with Gasteiger partial charge >= 0.3 is 6.03 Å². The molecule has 3 rings (SSSR count). The molecule has 192 valence electrons. The second-order valence-electron chi connectivity index (χ2n) is 9.08. The van der Waals surface area contributed by atoms with Gasteiger partial charge in [0.1, 0.15) is 0 Å². The van der Waals surface area contributed by atoms with E-state index in [9.17, 15) is 21.6 Å². The van der Waals surface area contributed by atoms with Crippen LogP contribution in [0.2, 0.25) is 10.0 Å². The lowest BCUT2D eigenvalue weighted by Crippen LogP contribution is -2.50. The Morgan fingerprint density at radius 3 is 2.15 bits per heavy atom. The summed E-state index contributed by atoms with van der Waals surface area (Å²) in [5, 5.41) is 3.74. The fraction of sp³-hybridized carbons (Fsp3) is 0.667. The van der Waals surface area contributed by atoms with E-state index in [2.05, 4.69) is 15.1 Å². The van der Waals surface area contributed by atoms with Crippen LogP contribution in [0, 0.1) is 5.92 Å². The molecule has 34 heavy (non-hydrogen) atoms. The van der Waals surface area contributed by atoms with Crippen molar-refractivity contribution in [1.29, 1.82) is 0 Å². The molecule has 0 aromatic heterocycles. The Hall–Kier alpha value is -1.27. The zero-order valence-electron chi connectivity index (χ0n) is 19.4. The van der Waals surface area contributed by atoms with Gasteiger partial charge in [-0.1, -0.05) is 29.3 Å². The Labute approximate surface area is 212 Å². The van der Waals surface area contributed by atoms with E-state index in [0.717, 1.165) is 57.7 Å². The van der Waals surface area contributed by atoms with Gasteiger partial charge < -0.3 is 10.2 Å². The maximum absolute atomic E-state index is 12.3. The first-order valence-corrected chi connectivity index (χ1v) is 15.7. The fourth-order valence-electron chi connectivity index (χ4n) is 4.68. The summed E-state index contributed by atoms with van der Waals surface area (Å²) in [6.45, 7) is 4.66. The van der Waals surface area contributed by atoms with E-state index in [1.807, 2.05) is 12.1 Å². The van der Waals surface area contributed by atoms with Crippen LogP contribution in [0.3, 0.4) is 0 Å². The largest absolute Gasteiger partial charge is 0.368 e. The molecule has 2 fully saturated rings. The predicted octanol–water partition coefficient (Wildman–Crippen LogP) is 3.00. The third-order valence-corrected chi connectivity index (χ3v) is 10.4. The van der Waals surface area contributed by atoms with Crippen molar-refractivity contribution in [2.24, 2.45) is 5.92 Å². The summed E-state index contributed by atoms with van der Waals surface area (Å²) in [6, 6.07) is 4.35. The van der Waals surface area contributed by atoms with Gasteiger partial charge in [0.15, 0.2) is 0 Å². The molecule has 0 bridgehead atoms. The van der Waals surface area contributed by atoms with E-state index in [1.54, 1.807) is 6.07 Å². The van der Waals surface area contributed by atoms with Gasteiger partial charge in [0.05, 0.1) is 28.2 Å². The summed E-state index contributed by atoms with van der Waals surface area (Å²) < 4.78 is 46.9. The molecule has 2 amide bonds. The van der Waals surface area contributed by atoms with E-state index < -0.39 is 26.1 Å². The number of amides is 2. The Balaban J connectivity index is 1.41. The van der Waals surface area contributed by atoms with Crippen molar-refractivity contribution in [3.05, 3.63) is 28.2 Å². The molecule has 0 spiro atoms. The fourth-order valence-corrected chi connectivity index (χ4v) is 7.77. The SMILES string of the molecule is CS(=O)(=O)N(C(=O)N[C@H]1CC[C@H](CCN2CCN(c3cccc(Cl)c3Cl)CC2)CC1)S(C)(=O)=O. The van der Waals surface area contributed by atoms with Gasteiger partial charge in [-0.3, -0.25) is 4.90 Å². The van der Waals surface area contributed by atoms with E-state index in [0.29, 0.717) is 41.3 Å². The average molecular weight is 556 g/mol. The standard InChI is InChI=1S/C21H32Cl2N4O5S2/c1-33(29,30)27(34(2,31)32)21(28)24-17-8-6-16(7-9-17)10-11-25-12-14-26(15-13-25)19-5-3-4-18(22)20(19)23/h3-5,16-17H,6-15H2,1-2H3,(H,24,28)/t16-,17-. The highest BCUT2D eigenvalue weighted by atomic mass is 35.5. The van der Waals surface area contributed by atoms with Crippen LogP contribution >= 0.6 is 23.2 Å². The van der Waals surface area contributed by atoms with Crippen molar-refractivity contribution in [1.82, 2.24) is 13.9 Å². The van der Waals surface area contributed by atoms with E-state index in [4.69, 9.17) is 23.2 Å². The molecule has 1 aliphatic heterocycles. The minimum Gasteiger partial charge on any atom is -0.368 e. The number of piperazine rings is 1. The number of hydrogen-bond donors (Lipinski definition) is 1. The molecule has 2 aliphatic rings. The van der Waals surface area contributed by atoms with Crippen molar-refractivity contribution in [2.45, 2.75) is 38.1 Å². The van der Waals surface area contributed by atoms with Gasteiger partial charge in [0.2, 0.25) is 20.0 Å². The van der Waals surface area contributed by atoms with Gasteiger partial charge in [-0.2, -0.15) is 0 Å². The smallest absolute Gasteiger partial charge is 0.345 e. The third-order valence-electron chi connectivity index (χ3n) is 6.44. The quantitative estimate of drug-likeness (QED) is 0.551. The van der Waals surface area contributed by atoms with E-state index >= 15 is 0 Å². The number of hydrogen-bond acceptors (Lipinski definition) is 7. The second-order valence-corrected chi connectivity index (χ2v) is 13.8. The van der Waals surface area contributed by atoms with Crippen LogP contribution in [0.5, 0.6) is 0 Å². The molecule has 1 saturated heterocycles. The first kappa shape index (κ1) is 27.3. The summed E-state index contributed by atoms with van der Waals surface area (Å²) in [7, 11) is -8.44. The van der Waals surface area contributed by atoms with Crippen LogP contribution in [-0.2, 0) is 20.0 Å². The van der Waals surface area contributed by atoms with Gasteiger partial charge in [0, 0.05) is 32.2 Å². The van der Waals surface area contributed by atoms with Crippen LogP contribution < -0.4 is 10.2 Å². The molecule has 13 heteroatoms. The maximum atomic E-state index is 12.3. The van der Waals surface area contributed by atoms with Gasteiger partial charge in [0.25, 0.3) is 0 Å². The highest BCUT2D eigenvalue weighted by molar-refractivity contribution is 8.04. The number of sulfonamides is 2. The first-order chi connectivity index (χ1) is 15.9. The molecule has 1 aromatic rings. The molecule has 9 nitrogen and oxygen atoms in total. The monoisotopic (exact) mass is 554 g/mol. The first-order valence-electron chi connectivity index (χ1n) is 11.3.